The van der Waals surface area contributed by atoms with Crippen molar-refractivity contribution in [2.75, 3.05) is 0 Å². The van der Waals surface area contributed by atoms with Crippen LogP contribution >= 0.6 is 0 Å². The third kappa shape index (κ3) is 1.97. The maximum Gasteiger partial charge on any atom is 0.289 e. The average molecular weight is 267 g/mol. The van der Waals surface area contributed by atoms with Crippen molar-refractivity contribution in [1.82, 2.24) is 9.19 Å². The van der Waals surface area contributed by atoms with Crippen LogP contribution in [-0.2, 0) is 10.0 Å². The Bertz CT molecular complexity index is 705. The van der Waals surface area contributed by atoms with Gasteiger partial charge in [0.05, 0.1) is 11.1 Å². The fraction of sp³-hybridized carbons (Fsp3) is 0.100. The molecule has 2 aromatic rings. The highest BCUT2D eigenvalue weighted by molar-refractivity contribution is 7.90. The van der Waals surface area contributed by atoms with Crippen LogP contribution in [0.25, 0.3) is 0 Å². The molecule has 1 heterocycles. The molecule has 2 rings (SSSR count). The molecule has 1 aromatic heterocycles. The Morgan fingerprint density at radius 2 is 2.00 bits per heavy atom. The van der Waals surface area contributed by atoms with Gasteiger partial charge in [0.1, 0.15) is 0 Å². The summed E-state index contributed by atoms with van der Waals surface area (Å²) in [6.07, 6.45) is 2.67. The van der Waals surface area contributed by atoms with Crippen molar-refractivity contribution in [2.24, 2.45) is 0 Å². The van der Waals surface area contributed by atoms with Gasteiger partial charge in [0, 0.05) is 12.3 Å². The van der Waals surface area contributed by atoms with Crippen molar-refractivity contribution in [3.05, 3.63) is 52.3 Å². The second kappa shape index (κ2) is 4.22. The number of aryl methyl sites for hydroxylation is 1. The van der Waals surface area contributed by atoms with Crippen LogP contribution < -0.4 is 0 Å². The van der Waals surface area contributed by atoms with Crippen LogP contribution in [0.2, 0.25) is 0 Å². The molecule has 0 spiro atoms. The van der Waals surface area contributed by atoms with Crippen molar-refractivity contribution in [1.29, 1.82) is 0 Å². The standard InChI is InChI=1S/C10H9N3O4S/c1-8-6-11-12(7-8)18(16,17)10-5-3-2-4-9(10)13(14)15/h2-7H,1H3. The lowest BCUT2D eigenvalue weighted by molar-refractivity contribution is -0.387. The van der Waals surface area contributed by atoms with Gasteiger partial charge in [-0.1, -0.05) is 12.1 Å². The first-order valence-electron chi connectivity index (χ1n) is 4.93. The fourth-order valence-corrected chi connectivity index (χ4v) is 2.78. The summed E-state index contributed by atoms with van der Waals surface area (Å²) in [6.45, 7) is 1.68. The summed E-state index contributed by atoms with van der Waals surface area (Å²) >= 11 is 0. The first kappa shape index (κ1) is 12.2. The Kier molecular flexibility index (Phi) is 2.87. The third-order valence-electron chi connectivity index (χ3n) is 2.28. The third-order valence-corrected chi connectivity index (χ3v) is 3.87. The minimum atomic E-state index is -4.03. The van der Waals surface area contributed by atoms with E-state index in [9.17, 15) is 18.5 Å². The number of para-hydroxylation sites is 1. The van der Waals surface area contributed by atoms with Crippen LogP contribution in [0.4, 0.5) is 5.69 Å². The molecule has 0 aliphatic rings. The lowest BCUT2D eigenvalue weighted by Crippen LogP contribution is -2.15. The van der Waals surface area contributed by atoms with Crippen LogP contribution in [0.1, 0.15) is 5.56 Å². The normalized spacial score (nSPS) is 11.4. The second-order valence-electron chi connectivity index (χ2n) is 3.62. The van der Waals surface area contributed by atoms with E-state index in [1.165, 1.54) is 30.6 Å². The van der Waals surface area contributed by atoms with E-state index >= 15 is 0 Å². The van der Waals surface area contributed by atoms with Gasteiger partial charge >= 0.3 is 0 Å². The van der Waals surface area contributed by atoms with E-state index < -0.39 is 20.6 Å². The Hall–Kier alpha value is -2.22. The zero-order valence-corrected chi connectivity index (χ0v) is 10.2. The lowest BCUT2D eigenvalue weighted by Gasteiger charge is -2.04. The van der Waals surface area contributed by atoms with Crippen LogP contribution in [0.5, 0.6) is 0 Å². The SMILES string of the molecule is Cc1cnn(S(=O)(=O)c2ccccc2[N+](=O)[O-])c1. The largest absolute Gasteiger partial charge is 0.289 e. The van der Waals surface area contributed by atoms with Gasteiger partial charge in [0.2, 0.25) is 0 Å². The van der Waals surface area contributed by atoms with Crippen LogP contribution in [-0.4, -0.2) is 22.5 Å². The maximum atomic E-state index is 12.2. The molecule has 8 heteroatoms. The Morgan fingerprint density at radius 1 is 1.33 bits per heavy atom. The molecule has 94 valence electrons. The average Bonchev–Trinajstić information content (AvgIpc) is 2.76. The van der Waals surface area contributed by atoms with Gasteiger partial charge < -0.3 is 0 Å². The summed E-state index contributed by atoms with van der Waals surface area (Å²) < 4.78 is 25.1. The summed E-state index contributed by atoms with van der Waals surface area (Å²) in [5.41, 5.74) is 0.183. The van der Waals surface area contributed by atoms with Gasteiger partial charge in [-0.2, -0.15) is 17.6 Å². The van der Waals surface area contributed by atoms with Gasteiger partial charge in [-0.3, -0.25) is 10.1 Å². The second-order valence-corrected chi connectivity index (χ2v) is 5.38. The summed E-state index contributed by atoms with van der Waals surface area (Å²) in [5, 5.41) is 14.5. The van der Waals surface area contributed by atoms with Crippen molar-refractivity contribution in [2.45, 2.75) is 11.8 Å². The molecule has 0 N–H and O–H groups in total. The number of rotatable bonds is 3. The first-order chi connectivity index (χ1) is 8.43. The first-order valence-corrected chi connectivity index (χ1v) is 6.37. The highest BCUT2D eigenvalue weighted by Gasteiger charge is 2.27. The maximum absolute atomic E-state index is 12.2. The zero-order chi connectivity index (χ0) is 13.3. The van der Waals surface area contributed by atoms with E-state index in [4.69, 9.17) is 0 Å². The summed E-state index contributed by atoms with van der Waals surface area (Å²) in [7, 11) is -4.03. The molecule has 1 aromatic carbocycles. The number of nitro groups is 1. The molecular formula is C10H9N3O4S. The molecule has 0 fully saturated rings. The van der Waals surface area contributed by atoms with E-state index in [1.54, 1.807) is 6.92 Å². The summed E-state index contributed by atoms with van der Waals surface area (Å²) in [4.78, 5) is 9.71. The van der Waals surface area contributed by atoms with Gasteiger partial charge in [-0.25, -0.2) is 0 Å². The van der Waals surface area contributed by atoms with E-state index in [1.807, 2.05) is 0 Å². The molecule has 0 saturated heterocycles. The zero-order valence-electron chi connectivity index (χ0n) is 9.35. The van der Waals surface area contributed by atoms with Crippen molar-refractivity contribution < 1.29 is 13.3 Å². The number of nitrogens with zero attached hydrogens (tertiary/aromatic N) is 3. The molecule has 0 saturated carbocycles. The molecule has 18 heavy (non-hydrogen) atoms. The number of nitro benzene ring substituents is 1. The van der Waals surface area contributed by atoms with E-state index in [2.05, 4.69) is 5.10 Å². The van der Waals surface area contributed by atoms with Gasteiger partial charge in [-0.05, 0) is 18.6 Å². The minimum absolute atomic E-state index is 0.377. The summed E-state index contributed by atoms with van der Waals surface area (Å²) in [5.74, 6) is 0. The number of benzene rings is 1. The Morgan fingerprint density at radius 3 is 2.56 bits per heavy atom. The van der Waals surface area contributed by atoms with Crippen molar-refractivity contribution in [3.63, 3.8) is 0 Å². The molecule has 0 radical (unpaired) electrons. The highest BCUT2D eigenvalue weighted by atomic mass is 32.2. The van der Waals surface area contributed by atoms with Crippen LogP contribution in [0.15, 0.2) is 41.6 Å². The molecule has 0 unspecified atom stereocenters. The molecule has 7 nitrogen and oxygen atoms in total. The van der Waals surface area contributed by atoms with Gasteiger partial charge in [0.25, 0.3) is 15.7 Å². The quantitative estimate of drug-likeness (QED) is 0.617. The molecule has 0 atom stereocenters. The molecule has 0 aliphatic heterocycles. The number of aromatic nitrogens is 2. The van der Waals surface area contributed by atoms with Crippen molar-refractivity contribution >= 4 is 15.7 Å². The topological polar surface area (TPSA) is 95.1 Å². The predicted octanol–water partition coefficient (Wildman–Crippen LogP) is 1.34. The van der Waals surface area contributed by atoms with Gasteiger partial charge in [0.15, 0.2) is 4.90 Å². The van der Waals surface area contributed by atoms with Crippen LogP contribution in [0.3, 0.4) is 0 Å². The highest BCUT2D eigenvalue weighted by Crippen LogP contribution is 2.24. The fourth-order valence-electron chi connectivity index (χ4n) is 1.45. The van der Waals surface area contributed by atoms with Crippen LogP contribution in [0, 0.1) is 17.0 Å². The number of hydrogen-bond acceptors (Lipinski definition) is 5. The molecule has 0 bridgehead atoms. The van der Waals surface area contributed by atoms with Gasteiger partial charge in [-0.15, -0.1) is 0 Å². The molecular weight excluding hydrogens is 258 g/mol. The summed E-state index contributed by atoms with van der Waals surface area (Å²) in [6, 6.07) is 5.16. The van der Waals surface area contributed by atoms with E-state index in [-0.39, 0.29) is 4.90 Å². The number of hydrogen-bond donors (Lipinski definition) is 0. The predicted molar refractivity (Wildman–Crippen MR) is 62.6 cm³/mol. The van der Waals surface area contributed by atoms with E-state index in [0.29, 0.717) is 5.56 Å². The smallest absolute Gasteiger partial charge is 0.258 e. The van der Waals surface area contributed by atoms with Crippen molar-refractivity contribution in [3.8, 4) is 0 Å². The monoisotopic (exact) mass is 267 g/mol. The Balaban J connectivity index is 2.65. The molecule has 0 aliphatic carbocycles. The van der Waals surface area contributed by atoms with E-state index in [0.717, 1.165) is 10.2 Å². The minimum Gasteiger partial charge on any atom is -0.258 e. The molecule has 0 amide bonds. The lowest BCUT2D eigenvalue weighted by atomic mass is 10.3. The Labute approximate surface area is 103 Å².